The summed E-state index contributed by atoms with van der Waals surface area (Å²) in [7, 11) is 3.56. The number of hydrogen-bond acceptors (Lipinski definition) is 4. The third-order valence-electron chi connectivity index (χ3n) is 3.12. The second-order valence-corrected chi connectivity index (χ2v) is 4.33. The van der Waals surface area contributed by atoms with Crippen molar-refractivity contribution in [3.8, 4) is 11.6 Å². The Labute approximate surface area is 119 Å². The smallest absolute Gasteiger partial charge is 0.218 e. The Bertz CT molecular complexity index is 540. The van der Waals surface area contributed by atoms with E-state index in [2.05, 4.69) is 22.4 Å². The third kappa shape index (κ3) is 3.08. The largest absolute Gasteiger partial charge is 0.494 e. The fourth-order valence-electron chi connectivity index (χ4n) is 2.22. The first kappa shape index (κ1) is 14.3. The molecule has 20 heavy (non-hydrogen) atoms. The molecule has 1 heterocycles. The predicted octanol–water partition coefficient (Wildman–Crippen LogP) is 2.80. The van der Waals surface area contributed by atoms with Crippen LogP contribution >= 0.6 is 0 Å². The Kier molecular flexibility index (Phi) is 4.96. The topological polar surface area (TPSA) is 43.4 Å². The lowest BCUT2D eigenvalue weighted by Gasteiger charge is -2.19. The molecule has 4 heteroatoms. The van der Waals surface area contributed by atoms with Gasteiger partial charge in [-0.3, -0.25) is 0 Å². The van der Waals surface area contributed by atoms with Crippen LogP contribution in [-0.4, -0.2) is 25.7 Å². The van der Waals surface area contributed by atoms with Crippen molar-refractivity contribution in [2.24, 2.45) is 0 Å². The number of hydrogen-bond donors (Lipinski definition) is 1. The molecule has 0 aliphatic carbocycles. The number of rotatable bonds is 6. The maximum Gasteiger partial charge on any atom is 0.218 e. The molecule has 1 aromatic carbocycles. The van der Waals surface area contributed by atoms with Crippen molar-refractivity contribution >= 4 is 0 Å². The summed E-state index contributed by atoms with van der Waals surface area (Å²) in [5.41, 5.74) is 2.16. The van der Waals surface area contributed by atoms with E-state index in [1.807, 2.05) is 38.2 Å². The molecule has 0 aliphatic rings. The normalized spacial score (nSPS) is 11.9. The average molecular weight is 272 g/mol. The van der Waals surface area contributed by atoms with Crippen molar-refractivity contribution in [1.82, 2.24) is 10.3 Å². The van der Waals surface area contributed by atoms with E-state index in [4.69, 9.17) is 9.47 Å². The molecule has 2 rings (SSSR count). The van der Waals surface area contributed by atoms with E-state index in [0.29, 0.717) is 12.5 Å². The zero-order chi connectivity index (χ0) is 14.4. The van der Waals surface area contributed by atoms with Crippen LogP contribution in [0.1, 0.15) is 24.1 Å². The maximum atomic E-state index is 5.47. The molecule has 1 atom stereocenters. The zero-order valence-electron chi connectivity index (χ0n) is 12.1. The highest BCUT2D eigenvalue weighted by molar-refractivity contribution is 5.39. The Hall–Kier alpha value is -2.07. The SMILES string of the molecule is CCOc1ccc(C(NC)c2cccnc2OC)cc1. The van der Waals surface area contributed by atoms with Crippen LogP contribution in [0.5, 0.6) is 11.6 Å². The number of nitrogens with zero attached hydrogens (tertiary/aromatic N) is 1. The van der Waals surface area contributed by atoms with Crippen LogP contribution in [-0.2, 0) is 0 Å². The minimum Gasteiger partial charge on any atom is -0.494 e. The molecule has 1 unspecified atom stereocenters. The van der Waals surface area contributed by atoms with Crippen LogP contribution in [0, 0.1) is 0 Å². The molecule has 1 N–H and O–H groups in total. The molecule has 0 saturated heterocycles. The molecular weight excluding hydrogens is 252 g/mol. The van der Waals surface area contributed by atoms with E-state index in [1.54, 1.807) is 13.3 Å². The van der Waals surface area contributed by atoms with Crippen LogP contribution in [0.4, 0.5) is 0 Å². The molecule has 1 aromatic heterocycles. The quantitative estimate of drug-likeness (QED) is 0.878. The first-order valence-electron chi connectivity index (χ1n) is 6.69. The predicted molar refractivity (Wildman–Crippen MR) is 79.3 cm³/mol. The van der Waals surface area contributed by atoms with Crippen molar-refractivity contribution < 1.29 is 9.47 Å². The van der Waals surface area contributed by atoms with Gasteiger partial charge in [0.2, 0.25) is 5.88 Å². The first-order chi connectivity index (χ1) is 9.80. The summed E-state index contributed by atoms with van der Waals surface area (Å²) < 4.78 is 10.8. The van der Waals surface area contributed by atoms with Crippen molar-refractivity contribution in [3.05, 3.63) is 53.7 Å². The monoisotopic (exact) mass is 272 g/mol. The number of nitrogens with one attached hydrogen (secondary N) is 1. The minimum atomic E-state index is 0.0364. The maximum absolute atomic E-state index is 5.47. The Morgan fingerprint density at radius 2 is 1.95 bits per heavy atom. The fraction of sp³-hybridized carbons (Fsp3) is 0.312. The third-order valence-corrected chi connectivity index (χ3v) is 3.12. The van der Waals surface area contributed by atoms with E-state index in [9.17, 15) is 0 Å². The van der Waals surface area contributed by atoms with E-state index in [-0.39, 0.29) is 6.04 Å². The fourth-order valence-corrected chi connectivity index (χ4v) is 2.22. The summed E-state index contributed by atoms with van der Waals surface area (Å²) in [4.78, 5) is 4.25. The number of methoxy groups -OCH3 is 1. The number of benzene rings is 1. The van der Waals surface area contributed by atoms with Gasteiger partial charge in [0, 0.05) is 11.8 Å². The van der Waals surface area contributed by atoms with Gasteiger partial charge in [-0.15, -0.1) is 0 Å². The van der Waals surface area contributed by atoms with Crippen molar-refractivity contribution in [2.75, 3.05) is 20.8 Å². The molecule has 2 aromatic rings. The summed E-state index contributed by atoms with van der Waals surface area (Å²) in [6.07, 6.45) is 1.73. The van der Waals surface area contributed by atoms with Gasteiger partial charge in [-0.2, -0.15) is 0 Å². The molecule has 4 nitrogen and oxygen atoms in total. The molecular formula is C16H20N2O2. The molecule has 0 radical (unpaired) electrons. The van der Waals surface area contributed by atoms with Crippen molar-refractivity contribution in [2.45, 2.75) is 13.0 Å². The van der Waals surface area contributed by atoms with E-state index in [0.717, 1.165) is 16.9 Å². The minimum absolute atomic E-state index is 0.0364. The second-order valence-electron chi connectivity index (χ2n) is 4.33. The number of ether oxygens (including phenoxy) is 2. The van der Waals surface area contributed by atoms with E-state index < -0.39 is 0 Å². The van der Waals surface area contributed by atoms with Gasteiger partial charge in [-0.25, -0.2) is 4.98 Å². The van der Waals surface area contributed by atoms with Crippen molar-refractivity contribution in [1.29, 1.82) is 0 Å². The van der Waals surface area contributed by atoms with Crippen LogP contribution in [0.25, 0.3) is 0 Å². The molecule has 106 valence electrons. The lowest BCUT2D eigenvalue weighted by atomic mass is 10.00. The molecule has 0 bridgehead atoms. The highest BCUT2D eigenvalue weighted by Crippen LogP contribution is 2.28. The van der Waals surface area contributed by atoms with Crippen LogP contribution in [0.15, 0.2) is 42.6 Å². The molecule has 0 saturated carbocycles. The summed E-state index contributed by atoms with van der Waals surface area (Å²) in [6, 6.07) is 12.0. The van der Waals surface area contributed by atoms with Gasteiger partial charge in [0.1, 0.15) is 5.75 Å². The van der Waals surface area contributed by atoms with Gasteiger partial charge in [-0.1, -0.05) is 18.2 Å². The van der Waals surface area contributed by atoms with Gasteiger partial charge < -0.3 is 14.8 Å². The zero-order valence-corrected chi connectivity index (χ0v) is 12.1. The van der Waals surface area contributed by atoms with E-state index in [1.165, 1.54) is 0 Å². The van der Waals surface area contributed by atoms with Crippen LogP contribution in [0.3, 0.4) is 0 Å². The van der Waals surface area contributed by atoms with Gasteiger partial charge in [0.25, 0.3) is 0 Å². The van der Waals surface area contributed by atoms with Crippen LogP contribution in [0.2, 0.25) is 0 Å². The molecule has 0 fully saturated rings. The van der Waals surface area contributed by atoms with Gasteiger partial charge in [0.05, 0.1) is 19.8 Å². The second kappa shape index (κ2) is 6.91. The number of aromatic nitrogens is 1. The molecule has 0 spiro atoms. The average Bonchev–Trinajstić information content (AvgIpc) is 2.50. The molecule has 0 amide bonds. The Morgan fingerprint density at radius 3 is 2.55 bits per heavy atom. The van der Waals surface area contributed by atoms with Gasteiger partial charge in [0.15, 0.2) is 0 Å². The summed E-state index contributed by atoms with van der Waals surface area (Å²) in [5, 5.41) is 3.30. The Morgan fingerprint density at radius 1 is 1.20 bits per heavy atom. The first-order valence-corrected chi connectivity index (χ1v) is 6.69. The highest BCUT2D eigenvalue weighted by atomic mass is 16.5. The van der Waals surface area contributed by atoms with E-state index >= 15 is 0 Å². The van der Waals surface area contributed by atoms with Gasteiger partial charge in [-0.05, 0) is 37.7 Å². The number of pyridine rings is 1. The lowest BCUT2D eigenvalue weighted by Crippen LogP contribution is -2.18. The molecule has 0 aliphatic heterocycles. The Balaban J connectivity index is 2.31. The lowest BCUT2D eigenvalue weighted by molar-refractivity contribution is 0.340. The summed E-state index contributed by atoms with van der Waals surface area (Å²) in [5.74, 6) is 1.52. The summed E-state index contributed by atoms with van der Waals surface area (Å²) >= 11 is 0. The highest BCUT2D eigenvalue weighted by Gasteiger charge is 2.17. The standard InChI is InChI=1S/C16H20N2O2/c1-4-20-13-9-7-12(8-10-13)15(17-2)14-6-5-11-18-16(14)19-3/h5-11,15,17H,4H2,1-3H3. The van der Waals surface area contributed by atoms with Gasteiger partial charge >= 0.3 is 0 Å². The van der Waals surface area contributed by atoms with Crippen LogP contribution < -0.4 is 14.8 Å². The summed E-state index contributed by atoms with van der Waals surface area (Å²) in [6.45, 7) is 2.65. The van der Waals surface area contributed by atoms with Crippen molar-refractivity contribution in [3.63, 3.8) is 0 Å².